The van der Waals surface area contributed by atoms with Gasteiger partial charge in [0.2, 0.25) is 11.9 Å². The van der Waals surface area contributed by atoms with Crippen molar-refractivity contribution in [2.24, 2.45) is 0 Å². The Hall–Kier alpha value is -2.99. The van der Waals surface area contributed by atoms with Gasteiger partial charge in [-0.3, -0.25) is 10.1 Å². The largest absolute Gasteiger partial charge is 0.434 e. The molecule has 1 N–H and O–H groups in total. The Morgan fingerprint density at radius 3 is 1.97 bits per heavy atom. The van der Waals surface area contributed by atoms with E-state index in [4.69, 9.17) is 14.5 Å². The minimum Gasteiger partial charge on any atom is -0.378 e. The average molecular weight is 452 g/mol. The van der Waals surface area contributed by atoms with Crippen LogP contribution in [0.25, 0.3) is 11.1 Å². The molecule has 0 unspecified atom stereocenters. The number of nitrogens with zero attached hydrogens (tertiary/aromatic N) is 5. The zero-order chi connectivity index (χ0) is 22.7. The molecule has 4 heterocycles. The van der Waals surface area contributed by atoms with Crippen molar-refractivity contribution in [3.8, 4) is 11.1 Å². The number of hydrogen-bond acceptors (Lipinski definition) is 8. The smallest absolute Gasteiger partial charge is 0.378 e. The number of aromatic nitrogens is 3. The monoisotopic (exact) mass is 452 g/mol. The molecule has 0 atom stereocenters. The summed E-state index contributed by atoms with van der Waals surface area (Å²) < 4.78 is 52.5. The van der Waals surface area contributed by atoms with Gasteiger partial charge in [0.05, 0.1) is 26.4 Å². The number of rotatable bonds is 4. The second-order valence-corrected chi connectivity index (χ2v) is 7.41. The van der Waals surface area contributed by atoms with Gasteiger partial charge in [0.25, 0.3) is 0 Å². The van der Waals surface area contributed by atoms with Crippen LogP contribution in [0.15, 0.2) is 18.3 Å². The number of anilines is 3. The van der Waals surface area contributed by atoms with Gasteiger partial charge in [0.1, 0.15) is 11.6 Å². The third-order valence-corrected chi connectivity index (χ3v) is 5.12. The van der Waals surface area contributed by atoms with Gasteiger partial charge in [-0.2, -0.15) is 13.2 Å². The van der Waals surface area contributed by atoms with Crippen molar-refractivity contribution in [2.45, 2.75) is 13.1 Å². The van der Waals surface area contributed by atoms with Crippen molar-refractivity contribution < 1.29 is 27.4 Å². The van der Waals surface area contributed by atoms with E-state index >= 15 is 0 Å². The number of halogens is 3. The Bertz CT molecular complexity index is 939. The van der Waals surface area contributed by atoms with Gasteiger partial charge in [-0.25, -0.2) is 15.0 Å². The van der Waals surface area contributed by atoms with Crippen molar-refractivity contribution in [3.05, 3.63) is 24.0 Å². The fourth-order valence-electron chi connectivity index (χ4n) is 3.59. The van der Waals surface area contributed by atoms with E-state index in [2.05, 4.69) is 15.3 Å². The lowest BCUT2D eigenvalue weighted by atomic mass is 10.1. The first-order valence-corrected chi connectivity index (χ1v) is 10.2. The van der Waals surface area contributed by atoms with Crippen LogP contribution in [0, 0.1) is 0 Å². The molecule has 9 nitrogen and oxygen atoms in total. The highest BCUT2D eigenvalue weighted by molar-refractivity contribution is 5.87. The fourth-order valence-corrected chi connectivity index (χ4v) is 3.59. The molecule has 2 aliphatic heterocycles. The molecule has 0 spiro atoms. The molecule has 12 heteroatoms. The molecule has 4 rings (SSSR count). The summed E-state index contributed by atoms with van der Waals surface area (Å²) in [6.07, 6.45) is -3.66. The molecule has 0 bridgehead atoms. The highest BCUT2D eigenvalue weighted by atomic mass is 19.4. The molecule has 2 aromatic heterocycles. The highest BCUT2D eigenvalue weighted by Gasteiger charge is 2.37. The summed E-state index contributed by atoms with van der Waals surface area (Å²) in [4.78, 5) is 27.5. The summed E-state index contributed by atoms with van der Waals surface area (Å²) in [6.45, 7) is 5.58. The summed E-state index contributed by atoms with van der Waals surface area (Å²) in [6, 6.07) is 3.22. The Kier molecular flexibility index (Phi) is 6.42. The third kappa shape index (κ3) is 5.07. The second kappa shape index (κ2) is 9.25. The van der Waals surface area contributed by atoms with Crippen LogP contribution >= 0.6 is 0 Å². The van der Waals surface area contributed by atoms with Gasteiger partial charge in [-0.1, -0.05) is 0 Å². The highest BCUT2D eigenvalue weighted by Crippen LogP contribution is 2.38. The molecule has 2 fully saturated rings. The number of carbonyl (C=O) groups is 1. The first-order chi connectivity index (χ1) is 15.3. The number of morpholine rings is 2. The van der Waals surface area contributed by atoms with Crippen LogP contribution in [0.1, 0.15) is 12.6 Å². The normalized spacial score (nSPS) is 17.4. The summed E-state index contributed by atoms with van der Waals surface area (Å²) in [5.74, 6) is 0.168. The van der Waals surface area contributed by atoms with Crippen LogP contribution in [0.3, 0.4) is 0 Å². The van der Waals surface area contributed by atoms with Crippen LogP contribution in [0.4, 0.5) is 30.8 Å². The second-order valence-electron chi connectivity index (χ2n) is 7.41. The number of carbonyl (C=O) groups excluding carboxylic acids is 1. The average Bonchev–Trinajstić information content (AvgIpc) is 2.79. The molecule has 2 aliphatic rings. The van der Waals surface area contributed by atoms with Crippen molar-refractivity contribution in [3.63, 3.8) is 0 Å². The summed E-state index contributed by atoms with van der Waals surface area (Å²) >= 11 is 0. The minimum atomic E-state index is -4.74. The van der Waals surface area contributed by atoms with Gasteiger partial charge in [-0.05, 0) is 17.7 Å². The maximum atomic E-state index is 13.9. The summed E-state index contributed by atoms with van der Waals surface area (Å²) in [5.41, 5.74) is -1.01. The first-order valence-electron chi connectivity index (χ1n) is 10.2. The van der Waals surface area contributed by atoms with E-state index in [-0.39, 0.29) is 5.56 Å². The van der Waals surface area contributed by atoms with E-state index in [1.807, 2.05) is 9.80 Å². The van der Waals surface area contributed by atoms with Gasteiger partial charge in [0.15, 0.2) is 5.69 Å². The Morgan fingerprint density at radius 1 is 0.969 bits per heavy atom. The van der Waals surface area contributed by atoms with Crippen molar-refractivity contribution >= 4 is 23.5 Å². The van der Waals surface area contributed by atoms with Crippen LogP contribution in [-0.4, -0.2) is 73.5 Å². The van der Waals surface area contributed by atoms with E-state index in [0.717, 1.165) is 6.20 Å². The lowest BCUT2D eigenvalue weighted by Gasteiger charge is -2.32. The van der Waals surface area contributed by atoms with Gasteiger partial charge in [-0.15, -0.1) is 0 Å². The first kappa shape index (κ1) is 22.2. The molecule has 2 saturated heterocycles. The van der Waals surface area contributed by atoms with Crippen LogP contribution in [0.2, 0.25) is 0 Å². The van der Waals surface area contributed by atoms with Crippen LogP contribution in [0.5, 0.6) is 0 Å². The molecular formula is C20H23F3N6O3. The standard InChI is InChI=1S/C20H23F3N6O3/c1-13(30)25-19-24-12-15(18(27-19)20(21,22)23)14-10-16(28-2-6-31-7-3-28)26-17(11-14)29-4-8-32-9-5-29/h10-12H,2-9H2,1H3,(H,24,25,27,30). The molecule has 32 heavy (non-hydrogen) atoms. The molecule has 1 amide bonds. The summed E-state index contributed by atoms with van der Waals surface area (Å²) in [5, 5.41) is 2.20. The Balaban J connectivity index is 1.81. The molecule has 0 aromatic carbocycles. The lowest BCUT2D eigenvalue weighted by molar-refractivity contribution is -0.140. The minimum absolute atomic E-state index is 0.182. The lowest BCUT2D eigenvalue weighted by Crippen LogP contribution is -2.39. The number of alkyl halides is 3. The maximum absolute atomic E-state index is 13.9. The van der Waals surface area contributed by atoms with Crippen LogP contribution < -0.4 is 15.1 Å². The van der Waals surface area contributed by atoms with Crippen LogP contribution in [-0.2, 0) is 20.4 Å². The van der Waals surface area contributed by atoms with Crippen molar-refractivity contribution in [1.82, 2.24) is 15.0 Å². The Labute approximate surface area is 182 Å². The van der Waals surface area contributed by atoms with Gasteiger partial charge in [0, 0.05) is 44.9 Å². The zero-order valence-electron chi connectivity index (χ0n) is 17.5. The molecule has 2 aromatic rings. The number of nitrogens with one attached hydrogen (secondary N) is 1. The maximum Gasteiger partial charge on any atom is 0.434 e. The number of hydrogen-bond donors (Lipinski definition) is 1. The third-order valence-electron chi connectivity index (χ3n) is 5.12. The molecule has 0 aliphatic carbocycles. The SMILES string of the molecule is CC(=O)Nc1ncc(-c2cc(N3CCOCC3)nc(N3CCOCC3)c2)c(C(F)(F)F)n1. The van der Waals surface area contributed by atoms with Crippen molar-refractivity contribution in [2.75, 3.05) is 67.7 Å². The number of pyridine rings is 1. The number of amides is 1. The molecule has 0 saturated carbocycles. The van der Waals surface area contributed by atoms with Gasteiger partial charge < -0.3 is 19.3 Å². The van der Waals surface area contributed by atoms with E-state index in [0.29, 0.717) is 69.8 Å². The predicted molar refractivity (Wildman–Crippen MR) is 111 cm³/mol. The Morgan fingerprint density at radius 2 is 1.50 bits per heavy atom. The molecule has 172 valence electrons. The van der Waals surface area contributed by atoms with E-state index < -0.39 is 23.7 Å². The quantitative estimate of drug-likeness (QED) is 0.755. The van der Waals surface area contributed by atoms with Gasteiger partial charge >= 0.3 is 6.18 Å². The van der Waals surface area contributed by atoms with E-state index in [9.17, 15) is 18.0 Å². The zero-order valence-corrected chi connectivity index (χ0v) is 17.5. The predicted octanol–water partition coefficient (Wildman–Crippen LogP) is 2.19. The van der Waals surface area contributed by atoms with Crippen molar-refractivity contribution in [1.29, 1.82) is 0 Å². The number of ether oxygens (including phenoxy) is 2. The van der Waals surface area contributed by atoms with E-state index in [1.54, 1.807) is 12.1 Å². The fraction of sp³-hybridized carbons (Fsp3) is 0.500. The molecule has 0 radical (unpaired) electrons. The molecular weight excluding hydrogens is 429 g/mol. The topological polar surface area (TPSA) is 92.7 Å². The summed E-state index contributed by atoms with van der Waals surface area (Å²) in [7, 11) is 0. The van der Waals surface area contributed by atoms with E-state index in [1.165, 1.54) is 6.92 Å².